The highest BCUT2D eigenvalue weighted by Gasteiger charge is 2.25. The van der Waals surface area contributed by atoms with Crippen LogP contribution in [0, 0.1) is 0 Å². The molecule has 0 aliphatic carbocycles. The third-order valence-electron chi connectivity index (χ3n) is 5.62. The first-order chi connectivity index (χ1) is 17.7. The van der Waals surface area contributed by atoms with Crippen molar-refractivity contribution in [2.24, 2.45) is 0 Å². The van der Waals surface area contributed by atoms with E-state index in [1.165, 1.54) is 6.07 Å². The van der Waals surface area contributed by atoms with E-state index in [4.69, 9.17) is 46.4 Å². The van der Waals surface area contributed by atoms with Crippen molar-refractivity contribution in [3.63, 3.8) is 0 Å². The van der Waals surface area contributed by atoms with Crippen molar-refractivity contribution < 1.29 is 14.4 Å². The van der Waals surface area contributed by atoms with Crippen molar-refractivity contribution in [3.8, 4) is 0 Å². The standard InChI is InChI=1S/C26H15Cl4N3O3S/c27-18-4-1-13(7-20(18)29)11-33-12-15(9-23-25(35)32-26(36)37-23)17-10-16(3-6-22(17)33)31-24(34)14-2-5-19(28)21(30)8-14/h1-10,12H,11H2,(H,31,34)(H,32,35,36)/b23-9-. The molecule has 2 N–H and O–H groups in total. The Hall–Kier alpha value is -2.94. The molecule has 0 unspecified atom stereocenters. The maximum atomic E-state index is 12.8. The Kier molecular flexibility index (Phi) is 7.25. The zero-order chi connectivity index (χ0) is 26.3. The fourth-order valence-electron chi connectivity index (χ4n) is 3.89. The average molecular weight is 591 g/mol. The van der Waals surface area contributed by atoms with Gasteiger partial charge in [0.25, 0.3) is 17.1 Å². The van der Waals surface area contributed by atoms with Crippen molar-refractivity contribution in [2.45, 2.75) is 6.54 Å². The SMILES string of the molecule is O=C1NC(=O)/C(=C/c2cn(Cc3ccc(Cl)c(Cl)c3)c3ccc(NC(=O)c4ccc(Cl)c(Cl)c4)cc23)S1. The number of fused-ring (bicyclic) bond motifs is 1. The molecule has 0 spiro atoms. The summed E-state index contributed by atoms with van der Waals surface area (Å²) in [7, 11) is 0. The lowest BCUT2D eigenvalue weighted by molar-refractivity contribution is -0.115. The molecule has 4 aromatic rings. The van der Waals surface area contributed by atoms with Gasteiger partial charge in [-0.05, 0) is 71.9 Å². The van der Waals surface area contributed by atoms with E-state index in [0.717, 1.165) is 28.2 Å². The number of rotatable bonds is 5. The molecule has 1 aliphatic heterocycles. The molecule has 186 valence electrons. The van der Waals surface area contributed by atoms with Gasteiger partial charge in [0.15, 0.2) is 0 Å². The van der Waals surface area contributed by atoms with E-state index in [1.54, 1.807) is 36.4 Å². The molecule has 6 nitrogen and oxygen atoms in total. The summed E-state index contributed by atoms with van der Waals surface area (Å²) in [6.45, 7) is 0.476. The lowest BCUT2D eigenvalue weighted by Gasteiger charge is -2.09. The normalized spacial score (nSPS) is 14.4. The number of carbonyl (C=O) groups is 3. The van der Waals surface area contributed by atoms with Crippen molar-refractivity contribution in [2.75, 3.05) is 5.32 Å². The van der Waals surface area contributed by atoms with Crippen LogP contribution in [0.1, 0.15) is 21.5 Å². The van der Waals surface area contributed by atoms with Gasteiger partial charge in [-0.1, -0.05) is 52.5 Å². The number of hydrogen-bond donors (Lipinski definition) is 2. The van der Waals surface area contributed by atoms with Gasteiger partial charge in [0.1, 0.15) is 0 Å². The highest BCUT2D eigenvalue weighted by Crippen LogP contribution is 2.32. The zero-order valence-corrected chi connectivity index (χ0v) is 22.5. The molecule has 1 aliphatic rings. The predicted molar refractivity (Wildman–Crippen MR) is 151 cm³/mol. The molecule has 1 saturated heterocycles. The summed E-state index contributed by atoms with van der Waals surface area (Å²) in [4.78, 5) is 37.0. The van der Waals surface area contributed by atoms with Gasteiger partial charge in [-0.2, -0.15) is 0 Å². The van der Waals surface area contributed by atoms with Crippen molar-refractivity contribution in [3.05, 3.63) is 102 Å². The number of aromatic nitrogens is 1. The van der Waals surface area contributed by atoms with Gasteiger partial charge in [-0.25, -0.2) is 0 Å². The molecule has 0 bridgehead atoms. The van der Waals surface area contributed by atoms with E-state index in [0.29, 0.717) is 38.4 Å². The first-order valence-corrected chi connectivity index (χ1v) is 13.1. The van der Waals surface area contributed by atoms with Crippen molar-refractivity contribution >= 4 is 97.9 Å². The minimum atomic E-state index is -0.454. The smallest absolute Gasteiger partial charge is 0.290 e. The number of thioether (sulfide) groups is 1. The number of hydrogen-bond acceptors (Lipinski definition) is 4. The lowest BCUT2D eigenvalue weighted by atomic mass is 10.1. The number of benzene rings is 3. The number of anilines is 1. The van der Waals surface area contributed by atoms with Crippen LogP contribution in [0.2, 0.25) is 20.1 Å². The van der Waals surface area contributed by atoms with Gasteiger partial charge in [-0.3, -0.25) is 19.7 Å². The highest BCUT2D eigenvalue weighted by atomic mass is 35.5. The second-order valence-electron chi connectivity index (χ2n) is 8.13. The van der Waals surface area contributed by atoms with Crippen LogP contribution in [-0.4, -0.2) is 21.6 Å². The maximum Gasteiger partial charge on any atom is 0.290 e. The highest BCUT2D eigenvalue weighted by molar-refractivity contribution is 8.18. The van der Waals surface area contributed by atoms with Crippen LogP contribution in [0.5, 0.6) is 0 Å². The minimum absolute atomic E-state index is 0.278. The summed E-state index contributed by atoms with van der Waals surface area (Å²) in [5, 5.41) is 7.02. The topological polar surface area (TPSA) is 80.2 Å². The molecule has 0 atom stereocenters. The van der Waals surface area contributed by atoms with Gasteiger partial charge in [0.2, 0.25) is 0 Å². The Balaban J connectivity index is 1.54. The molecule has 3 aromatic carbocycles. The van der Waals surface area contributed by atoms with Crippen LogP contribution < -0.4 is 10.6 Å². The van der Waals surface area contributed by atoms with E-state index < -0.39 is 11.1 Å². The molecule has 0 radical (unpaired) electrons. The predicted octanol–water partition coefficient (Wildman–Crippen LogP) is 7.88. The molecule has 1 fully saturated rings. The number of carbonyl (C=O) groups excluding carboxylic acids is 3. The van der Waals surface area contributed by atoms with E-state index in [2.05, 4.69) is 10.6 Å². The van der Waals surface area contributed by atoms with Gasteiger partial charge in [0.05, 0.1) is 25.0 Å². The van der Waals surface area contributed by atoms with E-state index in [9.17, 15) is 14.4 Å². The summed E-state index contributed by atoms with van der Waals surface area (Å²) in [6, 6.07) is 15.5. The Morgan fingerprint density at radius 3 is 2.32 bits per heavy atom. The second-order valence-corrected chi connectivity index (χ2v) is 10.8. The van der Waals surface area contributed by atoms with Crippen LogP contribution in [0.3, 0.4) is 0 Å². The summed E-state index contributed by atoms with van der Waals surface area (Å²) in [5.41, 5.74) is 3.36. The molecular weight excluding hydrogens is 576 g/mol. The van der Waals surface area contributed by atoms with E-state index in [-0.39, 0.29) is 15.8 Å². The molecule has 2 heterocycles. The van der Waals surface area contributed by atoms with Crippen LogP contribution >= 0.6 is 58.2 Å². The number of imide groups is 1. The molecule has 11 heteroatoms. The summed E-state index contributed by atoms with van der Waals surface area (Å²) >= 11 is 25.1. The molecule has 1 aromatic heterocycles. The quantitative estimate of drug-likeness (QED) is 0.232. The number of nitrogens with one attached hydrogen (secondary N) is 2. The Morgan fingerprint density at radius 1 is 0.919 bits per heavy atom. The van der Waals surface area contributed by atoms with Crippen LogP contribution in [0.4, 0.5) is 10.5 Å². The van der Waals surface area contributed by atoms with Gasteiger partial charge >= 0.3 is 0 Å². The van der Waals surface area contributed by atoms with Crippen LogP contribution in [0.25, 0.3) is 17.0 Å². The van der Waals surface area contributed by atoms with E-state index >= 15 is 0 Å². The fraction of sp³-hybridized carbons (Fsp3) is 0.0385. The number of halogens is 4. The average Bonchev–Trinajstić information content (AvgIpc) is 3.35. The van der Waals surface area contributed by atoms with Crippen molar-refractivity contribution in [1.29, 1.82) is 0 Å². The summed E-state index contributed by atoms with van der Waals surface area (Å²) in [6.07, 6.45) is 3.53. The Bertz CT molecular complexity index is 1650. The van der Waals surface area contributed by atoms with Gasteiger partial charge < -0.3 is 9.88 Å². The third-order valence-corrected chi connectivity index (χ3v) is 7.91. The van der Waals surface area contributed by atoms with Gasteiger partial charge in [0, 0.05) is 40.5 Å². The van der Waals surface area contributed by atoms with E-state index in [1.807, 2.05) is 29.0 Å². The van der Waals surface area contributed by atoms with Crippen LogP contribution in [0.15, 0.2) is 65.7 Å². The third kappa shape index (κ3) is 5.51. The monoisotopic (exact) mass is 589 g/mol. The molecule has 5 rings (SSSR count). The van der Waals surface area contributed by atoms with Crippen LogP contribution in [-0.2, 0) is 11.3 Å². The molecule has 0 saturated carbocycles. The molecule has 3 amide bonds. The minimum Gasteiger partial charge on any atom is -0.342 e. The second kappa shape index (κ2) is 10.4. The first-order valence-electron chi connectivity index (χ1n) is 10.8. The summed E-state index contributed by atoms with van der Waals surface area (Å²) in [5.74, 6) is -0.811. The number of nitrogens with zero attached hydrogens (tertiary/aromatic N) is 1. The molecular formula is C26H15Cl4N3O3S. The Labute approximate surface area is 235 Å². The first kappa shape index (κ1) is 25.7. The Morgan fingerprint density at radius 2 is 1.65 bits per heavy atom. The zero-order valence-electron chi connectivity index (χ0n) is 18.7. The van der Waals surface area contributed by atoms with Gasteiger partial charge in [-0.15, -0.1) is 0 Å². The molecule has 37 heavy (non-hydrogen) atoms. The lowest BCUT2D eigenvalue weighted by Crippen LogP contribution is -2.17. The summed E-state index contributed by atoms with van der Waals surface area (Å²) < 4.78 is 1.99. The van der Waals surface area contributed by atoms with Crippen molar-refractivity contribution in [1.82, 2.24) is 9.88 Å². The fourth-order valence-corrected chi connectivity index (χ4v) is 5.18. The maximum absolute atomic E-state index is 12.8. The largest absolute Gasteiger partial charge is 0.342 e. The number of amides is 3.